The van der Waals surface area contributed by atoms with E-state index in [0.717, 1.165) is 30.8 Å². The van der Waals surface area contributed by atoms with E-state index in [1.807, 2.05) is 18.7 Å². The van der Waals surface area contributed by atoms with Crippen molar-refractivity contribution in [2.45, 2.75) is 51.4 Å². The van der Waals surface area contributed by atoms with Gasteiger partial charge in [-0.25, -0.2) is 0 Å². The fourth-order valence-electron chi connectivity index (χ4n) is 1.88. The molecule has 0 spiro atoms. The number of nitrogens with two attached hydrogens (primary N) is 1. The molecule has 0 aromatic heterocycles. The van der Waals surface area contributed by atoms with Gasteiger partial charge in [-0.1, -0.05) is 6.92 Å². The van der Waals surface area contributed by atoms with Crippen LogP contribution in [0.25, 0.3) is 0 Å². The van der Waals surface area contributed by atoms with Gasteiger partial charge in [0.1, 0.15) is 6.10 Å². The standard InChI is InChI=1S/C12H24N2O2S.ClH/c1-3-17-7-6-9(2)14-12(15)11-5-4-10(8-13)16-11;/h9-11H,3-8,13H2,1-2H3,(H,14,15);1H/t9?,10-,11+;/m1./s1. The highest BCUT2D eigenvalue weighted by molar-refractivity contribution is 7.99. The molecule has 0 radical (unpaired) electrons. The van der Waals surface area contributed by atoms with Gasteiger partial charge in [0, 0.05) is 12.6 Å². The monoisotopic (exact) mass is 296 g/mol. The summed E-state index contributed by atoms with van der Waals surface area (Å²) in [7, 11) is 0. The maximum absolute atomic E-state index is 11.9. The Balaban J connectivity index is 0.00000289. The molecule has 1 aliphatic heterocycles. The van der Waals surface area contributed by atoms with Crippen molar-refractivity contribution in [1.82, 2.24) is 5.32 Å². The number of ether oxygens (including phenoxy) is 1. The largest absolute Gasteiger partial charge is 0.364 e. The van der Waals surface area contributed by atoms with E-state index in [0.29, 0.717) is 6.54 Å². The van der Waals surface area contributed by atoms with E-state index in [2.05, 4.69) is 12.2 Å². The molecule has 1 rings (SSSR count). The quantitative estimate of drug-likeness (QED) is 0.700. The van der Waals surface area contributed by atoms with Crippen LogP contribution in [0.4, 0.5) is 0 Å². The molecule has 1 fully saturated rings. The van der Waals surface area contributed by atoms with Crippen molar-refractivity contribution in [3.63, 3.8) is 0 Å². The second-order valence-corrected chi connectivity index (χ2v) is 5.85. The van der Waals surface area contributed by atoms with Crippen LogP contribution >= 0.6 is 24.2 Å². The minimum atomic E-state index is -0.287. The zero-order valence-corrected chi connectivity index (χ0v) is 12.8. The number of carbonyl (C=O) groups excluding carboxylic acids is 1. The van der Waals surface area contributed by atoms with Gasteiger partial charge < -0.3 is 15.8 Å². The minimum absolute atomic E-state index is 0. The van der Waals surface area contributed by atoms with Gasteiger partial charge in [-0.2, -0.15) is 11.8 Å². The molecule has 108 valence electrons. The highest BCUT2D eigenvalue weighted by Crippen LogP contribution is 2.19. The summed E-state index contributed by atoms with van der Waals surface area (Å²) in [6, 6.07) is 0.224. The maximum Gasteiger partial charge on any atom is 0.249 e. The Hall–Kier alpha value is 0.0300. The topological polar surface area (TPSA) is 64.4 Å². The first-order valence-electron chi connectivity index (χ1n) is 6.41. The normalized spacial score (nSPS) is 24.4. The highest BCUT2D eigenvalue weighted by atomic mass is 35.5. The molecule has 1 amide bonds. The number of hydrogen-bond acceptors (Lipinski definition) is 4. The summed E-state index contributed by atoms with van der Waals surface area (Å²) in [5, 5.41) is 3.01. The average Bonchev–Trinajstić information content (AvgIpc) is 2.78. The van der Waals surface area contributed by atoms with E-state index in [-0.39, 0.29) is 36.6 Å². The molecular weight excluding hydrogens is 272 g/mol. The van der Waals surface area contributed by atoms with Gasteiger partial charge in [0.05, 0.1) is 6.10 Å². The lowest BCUT2D eigenvalue weighted by Crippen LogP contribution is -2.40. The van der Waals surface area contributed by atoms with Gasteiger partial charge in [0.25, 0.3) is 0 Å². The molecule has 4 nitrogen and oxygen atoms in total. The summed E-state index contributed by atoms with van der Waals surface area (Å²) in [6.45, 7) is 4.70. The lowest BCUT2D eigenvalue weighted by atomic mass is 10.1. The number of carbonyl (C=O) groups is 1. The van der Waals surface area contributed by atoms with Gasteiger partial charge in [-0.3, -0.25) is 4.79 Å². The Bertz CT molecular complexity index is 244. The third kappa shape index (κ3) is 6.27. The zero-order chi connectivity index (χ0) is 12.7. The van der Waals surface area contributed by atoms with Crippen LogP contribution in [-0.2, 0) is 9.53 Å². The molecule has 0 aromatic rings. The number of rotatable bonds is 7. The number of hydrogen-bond donors (Lipinski definition) is 2. The Kier molecular flexibility index (Phi) is 9.91. The molecular formula is C12H25ClN2O2S. The van der Waals surface area contributed by atoms with Crippen molar-refractivity contribution in [3.8, 4) is 0 Å². The van der Waals surface area contributed by atoms with Crippen LogP contribution in [0.15, 0.2) is 0 Å². The molecule has 3 atom stereocenters. The average molecular weight is 297 g/mol. The van der Waals surface area contributed by atoms with E-state index < -0.39 is 0 Å². The predicted octanol–water partition coefficient (Wildman–Crippen LogP) is 1.56. The second-order valence-electron chi connectivity index (χ2n) is 4.46. The lowest BCUT2D eigenvalue weighted by molar-refractivity contribution is -0.132. The van der Waals surface area contributed by atoms with Gasteiger partial charge in [0.2, 0.25) is 5.91 Å². The van der Waals surface area contributed by atoms with Gasteiger partial charge in [-0.15, -0.1) is 12.4 Å². The smallest absolute Gasteiger partial charge is 0.249 e. The first-order chi connectivity index (χ1) is 8.17. The van der Waals surface area contributed by atoms with Gasteiger partial charge in [-0.05, 0) is 37.7 Å². The minimum Gasteiger partial charge on any atom is -0.364 e. The number of amides is 1. The van der Waals surface area contributed by atoms with E-state index in [9.17, 15) is 4.79 Å². The third-order valence-corrected chi connectivity index (χ3v) is 3.88. The third-order valence-electron chi connectivity index (χ3n) is 2.95. The van der Waals surface area contributed by atoms with Crippen molar-refractivity contribution < 1.29 is 9.53 Å². The Morgan fingerprint density at radius 2 is 2.28 bits per heavy atom. The van der Waals surface area contributed by atoms with Crippen molar-refractivity contribution in [2.24, 2.45) is 5.73 Å². The molecule has 0 aromatic carbocycles. The summed E-state index contributed by atoms with van der Waals surface area (Å²) in [5.41, 5.74) is 5.52. The molecule has 1 unspecified atom stereocenters. The Morgan fingerprint density at radius 3 is 2.83 bits per heavy atom. The molecule has 0 bridgehead atoms. The molecule has 0 aliphatic carbocycles. The Labute approximate surface area is 120 Å². The van der Waals surface area contributed by atoms with Crippen molar-refractivity contribution in [2.75, 3.05) is 18.1 Å². The maximum atomic E-state index is 11.9. The molecule has 18 heavy (non-hydrogen) atoms. The van der Waals surface area contributed by atoms with Crippen molar-refractivity contribution in [3.05, 3.63) is 0 Å². The van der Waals surface area contributed by atoms with Crippen LogP contribution in [0.2, 0.25) is 0 Å². The summed E-state index contributed by atoms with van der Waals surface area (Å²) < 4.78 is 5.56. The summed E-state index contributed by atoms with van der Waals surface area (Å²) >= 11 is 1.90. The van der Waals surface area contributed by atoms with E-state index >= 15 is 0 Å². The van der Waals surface area contributed by atoms with E-state index in [1.54, 1.807) is 0 Å². The first-order valence-corrected chi connectivity index (χ1v) is 7.56. The summed E-state index contributed by atoms with van der Waals surface area (Å²) in [6.07, 6.45) is 2.48. The highest BCUT2D eigenvalue weighted by Gasteiger charge is 2.30. The van der Waals surface area contributed by atoms with Crippen molar-refractivity contribution in [1.29, 1.82) is 0 Å². The Morgan fingerprint density at radius 1 is 1.56 bits per heavy atom. The van der Waals surface area contributed by atoms with E-state index in [4.69, 9.17) is 10.5 Å². The van der Waals surface area contributed by atoms with E-state index in [1.165, 1.54) is 0 Å². The summed E-state index contributed by atoms with van der Waals surface area (Å²) in [4.78, 5) is 11.9. The SMILES string of the molecule is CCSCCC(C)NC(=O)[C@@H]1CC[C@H](CN)O1.Cl. The molecule has 0 saturated carbocycles. The number of nitrogens with one attached hydrogen (secondary N) is 1. The fraction of sp³-hybridized carbons (Fsp3) is 0.917. The number of thioether (sulfide) groups is 1. The second kappa shape index (κ2) is 9.89. The zero-order valence-electron chi connectivity index (χ0n) is 11.2. The fourth-order valence-corrected chi connectivity index (χ4v) is 2.69. The van der Waals surface area contributed by atoms with Crippen LogP contribution in [0.3, 0.4) is 0 Å². The molecule has 3 N–H and O–H groups in total. The first kappa shape index (κ1) is 18.0. The predicted molar refractivity (Wildman–Crippen MR) is 79.4 cm³/mol. The van der Waals surface area contributed by atoms with Crippen LogP contribution in [-0.4, -0.2) is 42.2 Å². The number of halogens is 1. The summed E-state index contributed by atoms with van der Waals surface area (Å²) in [5.74, 6) is 2.24. The molecule has 6 heteroatoms. The van der Waals surface area contributed by atoms with Crippen LogP contribution in [0.1, 0.15) is 33.1 Å². The lowest BCUT2D eigenvalue weighted by Gasteiger charge is -2.17. The van der Waals surface area contributed by atoms with Crippen molar-refractivity contribution >= 4 is 30.1 Å². The molecule has 1 aliphatic rings. The van der Waals surface area contributed by atoms with Gasteiger partial charge in [0.15, 0.2) is 0 Å². The molecule has 1 saturated heterocycles. The van der Waals surface area contributed by atoms with Crippen LogP contribution in [0, 0.1) is 0 Å². The van der Waals surface area contributed by atoms with Gasteiger partial charge >= 0.3 is 0 Å². The van der Waals surface area contributed by atoms with Crippen LogP contribution < -0.4 is 11.1 Å². The van der Waals surface area contributed by atoms with Crippen LogP contribution in [0.5, 0.6) is 0 Å². The molecule has 1 heterocycles.